The minimum Gasteiger partial charge on any atom is -0.440 e. The summed E-state index contributed by atoms with van der Waals surface area (Å²) in [5, 5.41) is 2.17. The molecule has 0 aromatic rings. The number of hydrogen-bond acceptors (Lipinski definition) is 3. The van der Waals surface area contributed by atoms with Gasteiger partial charge in [0.25, 0.3) is 0 Å². The van der Waals surface area contributed by atoms with Gasteiger partial charge in [-0.25, -0.2) is 4.79 Å². The summed E-state index contributed by atoms with van der Waals surface area (Å²) in [5.41, 5.74) is 5.17. The fraction of sp³-hybridized carbons (Fsp3) is 0.857. The summed E-state index contributed by atoms with van der Waals surface area (Å²) in [6, 6.07) is 0. The van der Waals surface area contributed by atoms with Gasteiger partial charge in [-0.05, 0) is 19.4 Å². The molecule has 0 spiro atoms. The van der Waals surface area contributed by atoms with Gasteiger partial charge in [-0.15, -0.1) is 0 Å². The number of alkyl carbamates (subject to hydrolysis) is 1. The Morgan fingerprint density at radius 2 is 2.00 bits per heavy atom. The minimum atomic E-state index is -4.48. The van der Waals surface area contributed by atoms with Crippen LogP contribution in [0, 0.1) is 0 Å². The molecule has 7 heteroatoms. The van der Waals surface area contributed by atoms with E-state index in [0.29, 0.717) is 19.4 Å². The highest BCUT2D eigenvalue weighted by Crippen LogP contribution is 2.14. The van der Waals surface area contributed by atoms with Crippen molar-refractivity contribution in [2.75, 3.05) is 19.7 Å². The maximum Gasteiger partial charge on any atom is 0.422 e. The van der Waals surface area contributed by atoms with Crippen molar-refractivity contribution in [2.24, 2.45) is 5.73 Å². The predicted molar refractivity (Wildman–Crippen MR) is 43.7 cm³/mol. The van der Waals surface area contributed by atoms with Crippen LogP contribution in [-0.4, -0.2) is 32.0 Å². The van der Waals surface area contributed by atoms with Crippen LogP contribution in [0.5, 0.6) is 0 Å². The maximum absolute atomic E-state index is 11.5. The topological polar surface area (TPSA) is 64.3 Å². The molecule has 14 heavy (non-hydrogen) atoms. The molecule has 0 radical (unpaired) electrons. The van der Waals surface area contributed by atoms with Crippen LogP contribution in [0.25, 0.3) is 0 Å². The SMILES string of the molecule is NCCCCNC(=O)OCC(F)(F)F. The number of halogens is 3. The first-order valence-corrected chi connectivity index (χ1v) is 4.13. The summed E-state index contributed by atoms with van der Waals surface area (Å²) < 4.78 is 38.5. The Labute approximate surface area is 79.6 Å². The van der Waals surface area contributed by atoms with E-state index in [1.54, 1.807) is 0 Å². The highest BCUT2D eigenvalue weighted by molar-refractivity contribution is 5.67. The molecule has 3 N–H and O–H groups in total. The molecule has 0 saturated heterocycles. The molecule has 0 atom stereocenters. The predicted octanol–water partition coefficient (Wildman–Crippen LogP) is 1.01. The molecule has 0 aliphatic heterocycles. The van der Waals surface area contributed by atoms with Crippen LogP contribution in [0.2, 0.25) is 0 Å². The van der Waals surface area contributed by atoms with Gasteiger partial charge in [0, 0.05) is 6.54 Å². The molecule has 0 aromatic carbocycles. The summed E-state index contributed by atoms with van der Waals surface area (Å²) in [5.74, 6) is 0. The van der Waals surface area contributed by atoms with Crippen molar-refractivity contribution >= 4 is 6.09 Å². The van der Waals surface area contributed by atoms with Crippen LogP contribution >= 0.6 is 0 Å². The lowest BCUT2D eigenvalue weighted by molar-refractivity contribution is -0.160. The van der Waals surface area contributed by atoms with Gasteiger partial charge in [-0.1, -0.05) is 0 Å². The molecule has 0 bridgehead atoms. The Morgan fingerprint density at radius 3 is 2.50 bits per heavy atom. The monoisotopic (exact) mass is 214 g/mol. The van der Waals surface area contributed by atoms with E-state index in [9.17, 15) is 18.0 Å². The number of carbonyl (C=O) groups is 1. The van der Waals surface area contributed by atoms with E-state index < -0.39 is 18.9 Å². The number of nitrogens with two attached hydrogens (primary N) is 1. The second kappa shape index (κ2) is 6.47. The largest absolute Gasteiger partial charge is 0.440 e. The zero-order valence-electron chi connectivity index (χ0n) is 7.56. The van der Waals surface area contributed by atoms with E-state index in [4.69, 9.17) is 5.73 Å². The van der Waals surface area contributed by atoms with Crippen molar-refractivity contribution in [1.29, 1.82) is 0 Å². The zero-order valence-corrected chi connectivity index (χ0v) is 7.56. The van der Waals surface area contributed by atoms with Crippen molar-refractivity contribution in [3.05, 3.63) is 0 Å². The lowest BCUT2D eigenvalue weighted by atomic mass is 10.3. The highest BCUT2D eigenvalue weighted by Gasteiger charge is 2.29. The third-order valence-corrected chi connectivity index (χ3v) is 1.27. The number of carbonyl (C=O) groups excluding carboxylic acids is 1. The molecule has 1 amide bonds. The smallest absolute Gasteiger partial charge is 0.422 e. The Hall–Kier alpha value is -0.980. The molecule has 0 aliphatic carbocycles. The van der Waals surface area contributed by atoms with Gasteiger partial charge in [-0.2, -0.15) is 13.2 Å². The van der Waals surface area contributed by atoms with Crippen LogP contribution in [0.15, 0.2) is 0 Å². The Morgan fingerprint density at radius 1 is 1.36 bits per heavy atom. The fourth-order valence-electron chi connectivity index (χ4n) is 0.658. The fourth-order valence-corrected chi connectivity index (χ4v) is 0.658. The Balaban J connectivity index is 3.38. The lowest BCUT2D eigenvalue weighted by Crippen LogP contribution is -2.29. The van der Waals surface area contributed by atoms with Crippen molar-refractivity contribution in [2.45, 2.75) is 19.0 Å². The van der Waals surface area contributed by atoms with Gasteiger partial charge in [0.15, 0.2) is 6.61 Å². The highest BCUT2D eigenvalue weighted by atomic mass is 19.4. The number of alkyl halides is 3. The summed E-state index contributed by atoms with van der Waals surface area (Å²) in [4.78, 5) is 10.6. The normalized spacial score (nSPS) is 11.1. The van der Waals surface area contributed by atoms with E-state index in [2.05, 4.69) is 10.1 Å². The molecule has 0 aromatic heterocycles. The summed E-state index contributed by atoms with van der Waals surface area (Å²) >= 11 is 0. The van der Waals surface area contributed by atoms with Gasteiger partial charge >= 0.3 is 12.3 Å². The molecule has 4 nitrogen and oxygen atoms in total. The second-order valence-corrected chi connectivity index (χ2v) is 2.61. The Bertz CT molecular complexity index is 173. The van der Waals surface area contributed by atoms with E-state index in [1.807, 2.05) is 0 Å². The standard InChI is InChI=1S/C7H13F3N2O2/c8-7(9,10)5-14-6(13)12-4-2-1-3-11/h1-5,11H2,(H,12,13). The van der Waals surface area contributed by atoms with E-state index >= 15 is 0 Å². The van der Waals surface area contributed by atoms with E-state index in [-0.39, 0.29) is 6.54 Å². The van der Waals surface area contributed by atoms with Crippen LogP contribution in [0.4, 0.5) is 18.0 Å². The lowest BCUT2D eigenvalue weighted by Gasteiger charge is -2.08. The van der Waals surface area contributed by atoms with Crippen LogP contribution in [0.3, 0.4) is 0 Å². The van der Waals surface area contributed by atoms with Crippen molar-refractivity contribution < 1.29 is 22.7 Å². The van der Waals surface area contributed by atoms with Crippen LogP contribution < -0.4 is 11.1 Å². The zero-order chi connectivity index (χ0) is 11.0. The number of rotatable bonds is 5. The van der Waals surface area contributed by atoms with Gasteiger partial charge in [0.1, 0.15) is 0 Å². The number of amides is 1. The van der Waals surface area contributed by atoms with Crippen molar-refractivity contribution in [3.8, 4) is 0 Å². The first kappa shape index (κ1) is 13.0. The van der Waals surface area contributed by atoms with E-state index in [1.165, 1.54) is 0 Å². The molecule has 0 rings (SSSR count). The number of nitrogens with one attached hydrogen (secondary N) is 1. The minimum absolute atomic E-state index is 0.272. The summed E-state index contributed by atoms with van der Waals surface area (Å²) in [6.45, 7) is -0.803. The Kier molecular flexibility index (Phi) is 6.02. The van der Waals surface area contributed by atoms with Crippen molar-refractivity contribution in [1.82, 2.24) is 5.32 Å². The molecule has 0 heterocycles. The molecular weight excluding hydrogens is 201 g/mol. The third-order valence-electron chi connectivity index (χ3n) is 1.27. The van der Waals surface area contributed by atoms with Crippen LogP contribution in [0.1, 0.15) is 12.8 Å². The van der Waals surface area contributed by atoms with Gasteiger partial charge in [0.2, 0.25) is 0 Å². The van der Waals surface area contributed by atoms with Gasteiger partial charge in [-0.3, -0.25) is 0 Å². The average Bonchev–Trinajstić information content (AvgIpc) is 2.08. The number of hydrogen-bond donors (Lipinski definition) is 2. The number of unbranched alkanes of at least 4 members (excludes halogenated alkanes) is 1. The molecule has 0 aliphatic rings. The maximum atomic E-state index is 11.5. The van der Waals surface area contributed by atoms with Crippen molar-refractivity contribution in [3.63, 3.8) is 0 Å². The van der Waals surface area contributed by atoms with Crippen LogP contribution in [-0.2, 0) is 4.74 Å². The third kappa shape index (κ3) is 9.11. The second-order valence-electron chi connectivity index (χ2n) is 2.61. The summed E-state index contributed by atoms with van der Waals surface area (Å²) in [6.07, 6.45) is -4.20. The number of ether oxygens (including phenoxy) is 1. The first-order chi connectivity index (χ1) is 6.45. The average molecular weight is 214 g/mol. The molecule has 0 saturated carbocycles. The summed E-state index contributed by atoms with van der Waals surface area (Å²) in [7, 11) is 0. The first-order valence-electron chi connectivity index (χ1n) is 4.13. The van der Waals surface area contributed by atoms with E-state index in [0.717, 1.165) is 0 Å². The van der Waals surface area contributed by atoms with Gasteiger partial charge < -0.3 is 15.8 Å². The molecule has 0 fully saturated rings. The quantitative estimate of drug-likeness (QED) is 0.671. The molecular formula is C7H13F3N2O2. The molecule has 84 valence electrons. The van der Waals surface area contributed by atoms with Gasteiger partial charge in [0.05, 0.1) is 0 Å². The molecule has 0 unspecified atom stereocenters.